The molecule has 110 valence electrons. The number of rotatable bonds is 6. The summed E-state index contributed by atoms with van der Waals surface area (Å²) >= 11 is 0. The monoisotopic (exact) mass is 281 g/mol. The number of hydrogen-bond acceptors (Lipinski definition) is 6. The Morgan fingerprint density at radius 2 is 1.95 bits per heavy atom. The van der Waals surface area contributed by atoms with E-state index in [1.54, 1.807) is 30.3 Å². The van der Waals surface area contributed by atoms with E-state index in [2.05, 4.69) is 9.47 Å². The second-order valence-corrected chi connectivity index (χ2v) is 4.43. The minimum absolute atomic E-state index is 0.157. The highest BCUT2D eigenvalue weighted by atomic mass is 16.7. The van der Waals surface area contributed by atoms with Crippen molar-refractivity contribution in [2.24, 2.45) is 5.73 Å². The molecular formula is C14H19NO5. The van der Waals surface area contributed by atoms with E-state index in [4.69, 9.17) is 5.73 Å². The molecule has 0 bridgehead atoms. The first-order valence-electron chi connectivity index (χ1n) is 6.40. The number of hydrogen-bond donors (Lipinski definition) is 2. The van der Waals surface area contributed by atoms with Gasteiger partial charge in [0, 0.05) is 6.42 Å². The van der Waals surface area contributed by atoms with Gasteiger partial charge in [-0.25, -0.2) is 9.59 Å². The first-order valence-corrected chi connectivity index (χ1v) is 6.40. The van der Waals surface area contributed by atoms with Gasteiger partial charge in [-0.3, -0.25) is 5.73 Å². The average Bonchev–Trinajstić information content (AvgIpc) is 2.39. The Morgan fingerprint density at radius 1 is 1.30 bits per heavy atom. The molecule has 1 rings (SSSR count). The van der Waals surface area contributed by atoms with Crippen molar-refractivity contribution in [2.45, 2.75) is 31.9 Å². The van der Waals surface area contributed by atoms with Crippen molar-refractivity contribution < 1.29 is 24.2 Å². The molecule has 0 aromatic heterocycles. The molecule has 1 unspecified atom stereocenters. The third-order valence-electron chi connectivity index (χ3n) is 2.56. The fourth-order valence-electron chi connectivity index (χ4n) is 1.47. The fraction of sp³-hybridized carbons (Fsp3) is 0.429. The number of esters is 1. The molecule has 3 N–H and O–H groups in total. The minimum atomic E-state index is -2.27. The molecule has 0 aliphatic carbocycles. The molecule has 1 atom stereocenters. The van der Waals surface area contributed by atoms with Crippen LogP contribution in [0.5, 0.6) is 0 Å². The van der Waals surface area contributed by atoms with E-state index in [9.17, 15) is 14.7 Å². The Kier molecular flexibility index (Phi) is 6.14. The molecule has 0 aliphatic heterocycles. The fourth-order valence-corrected chi connectivity index (χ4v) is 1.47. The van der Waals surface area contributed by atoms with Crippen LogP contribution in [0.3, 0.4) is 0 Å². The van der Waals surface area contributed by atoms with Gasteiger partial charge in [-0.05, 0) is 12.0 Å². The lowest BCUT2D eigenvalue weighted by Gasteiger charge is -2.20. The van der Waals surface area contributed by atoms with Crippen molar-refractivity contribution >= 4 is 12.1 Å². The van der Waals surface area contributed by atoms with Crippen molar-refractivity contribution in [3.8, 4) is 0 Å². The van der Waals surface area contributed by atoms with Gasteiger partial charge in [0.1, 0.15) is 0 Å². The van der Waals surface area contributed by atoms with E-state index in [-0.39, 0.29) is 13.0 Å². The van der Waals surface area contributed by atoms with E-state index in [1.807, 2.05) is 6.92 Å². The largest absolute Gasteiger partial charge is 0.516 e. The van der Waals surface area contributed by atoms with Crippen LogP contribution >= 0.6 is 0 Å². The van der Waals surface area contributed by atoms with Gasteiger partial charge in [0.05, 0.1) is 6.61 Å². The smallest absolute Gasteiger partial charge is 0.434 e. The van der Waals surface area contributed by atoms with Crippen molar-refractivity contribution in [3.05, 3.63) is 35.9 Å². The molecular weight excluding hydrogens is 262 g/mol. The molecule has 1 aromatic carbocycles. The van der Waals surface area contributed by atoms with Crippen molar-refractivity contribution in [1.82, 2.24) is 0 Å². The lowest BCUT2D eigenvalue weighted by molar-refractivity contribution is -0.160. The SMILES string of the molecule is CCCCOC(=O)OC(=O)C(N)(O)Cc1ccccc1. The lowest BCUT2D eigenvalue weighted by Crippen LogP contribution is -2.51. The molecule has 0 amide bonds. The number of unbranched alkanes of at least 4 members (excludes halogenated alkanes) is 1. The van der Waals surface area contributed by atoms with Crippen LogP contribution in [-0.2, 0) is 20.7 Å². The Labute approximate surface area is 117 Å². The van der Waals surface area contributed by atoms with Gasteiger partial charge in [-0.1, -0.05) is 43.7 Å². The Hall–Kier alpha value is -1.92. The molecule has 0 fully saturated rings. The summed E-state index contributed by atoms with van der Waals surface area (Å²) < 4.78 is 9.01. The van der Waals surface area contributed by atoms with Crippen molar-refractivity contribution in [3.63, 3.8) is 0 Å². The molecule has 0 radical (unpaired) electrons. The zero-order valence-corrected chi connectivity index (χ0v) is 11.4. The molecule has 0 spiro atoms. The van der Waals surface area contributed by atoms with Gasteiger partial charge in [0.25, 0.3) is 0 Å². The first-order chi connectivity index (χ1) is 9.45. The van der Waals surface area contributed by atoms with Crippen LogP contribution in [0.2, 0.25) is 0 Å². The topological polar surface area (TPSA) is 98.9 Å². The Morgan fingerprint density at radius 3 is 2.55 bits per heavy atom. The Balaban J connectivity index is 2.50. The number of ether oxygens (including phenoxy) is 2. The normalized spacial score (nSPS) is 13.3. The molecule has 0 saturated heterocycles. The second-order valence-electron chi connectivity index (χ2n) is 4.43. The van der Waals surface area contributed by atoms with E-state index < -0.39 is 17.8 Å². The summed E-state index contributed by atoms with van der Waals surface area (Å²) in [5.41, 5.74) is 3.84. The van der Waals surface area contributed by atoms with Crippen LogP contribution in [0.1, 0.15) is 25.3 Å². The highest BCUT2D eigenvalue weighted by Crippen LogP contribution is 2.10. The lowest BCUT2D eigenvalue weighted by atomic mass is 10.0. The third kappa shape index (κ3) is 5.38. The standard InChI is InChI=1S/C14H19NO5/c1-2-3-9-19-13(17)20-12(16)14(15,18)10-11-7-5-4-6-8-11/h4-8,18H,2-3,9-10,15H2,1H3. The summed E-state index contributed by atoms with van der Waals surface area (Å²) in [5, 5.41) is 9.85. The zero-order chi connectivity index (χ0) is 15.0. The molecule has 1 aromatic rings. The number of nitrogens with two attached hydrogens (primary N) is 1. The van der Waals surface area contributed by atoms with E-state index >= 15 is 0 Å². The van der Waals surface area contributed by atoms with Crippen LogP contribution in [0.25, 0.3) is 0 Å². The first kappa shape index (κ1) is 16.1. The summed E-state index contributed by atoms with van der Waals surface area (Å²) in [5.74, 6) is -1.23. The summed E-state index contributed by atoms with van der Waals surface area (Å²) in [4.78, 5) is 22.8. The maximum Gasteiger partial charge on any atom is 0.516 e. The summed E-state index contributed by atoms with van der Waals surface area (Å²) in [6.45, 7) is 2.09. The number of carbonyl (C=O) groups excluding carboxylic acids is 2. The maximum atomic E-state index is 11.6. The van der Waals surface area contributed by atoms with Gasteiger partial charge in [-0.15, -0.1) is 0 Å². The summed E-state index contributed by atoms with van der Waals surface area (Å²) in [6.07, 6.45) is 0.200. The Bertz CT molecular complexity index is 444. The average molecular weight is 281 g/mol. The number of benzene rings is 1. The molecule has 0 saturated carbocycles. The second kappa shape index (κ2) is 7.62. The van der Waals surface area contributed by atoms with Crippen LogP contribution in [0.4, 0.5) is 4.79 Å². The zero-order valence-electron chi connectivity index (χ0n) is 11.4. The van der Waals surface area contributed by atoms with Crippen LogP contribution in [-0.4, -0.2) is 29.6 Å². The molecule has 6 heteroatoms. The predicted octanol–water partition coefficient (Wildman–Crippen LogP) is 1.36. The van der Waals surface area contributed by atoms with Crippen LogP contribution in [0, 0.1) is 0 Å². The third-order valence-corrected chi connectivity index (χ3v) is 2.56. The number of carbonyl (C=O) groups is 2. The summed E-state index contributed by atoms with van der Waals surface area (Å²) in [6, 6.07) is 8.68. The van der Waals surface area contributed by atoms with E-state index in [0.29, 0.717) is 12.0 Å². The minimum Gasteiger partial charge on any atom is -0.434 e. The molecule has 20 heavy (non-hydrogen) atoms. The molecule has 0 heterocycles. The number of aliphatic hydroxyl groups is 1. The summed E-state index contributed by atoms with van der Waals surface area (Å²) in [7, 11) is 0. The van der Waals surface area contributed by atoms with Crippen molar-refractivity contribution in [1.29, 1.82) is 0 Å². The van der Waals surface area contributed by atoms with Crippen LogP contribution in [0.15, 0.2) is 30.3 Å². The van der Waals surface area contributed by atoms with Gasteiger partial charge < -0.3 is 14.6 Å². The highest BCUT2D eigenvalue weighted by Gasteiger charge is 2.35. The molecule has 6 nitrogen and oxygen atoms in total. The maximum absolute atomic E-state index is 11.6. The predicted molar refractivity (Wildman–Crippen MR) is 71.6 cm³/mol. The van der Waals surface area contributed by atoms with Gasteiger partial charge >= 0.3 is 12.1 Å². The molecule has 0 aliphatic rings. The van der Waals surface area contributed by atoms with Gasteiger partial charge in [0.2, 0.25) is 5.72 Å². The highest BCUT2D eigenvalue weighted by molar-refractivity contribution is 5.87. The van der Waals surface area contributed by atoms with Crippen LogP contribution < -0.4 is 5.73 Å². The van der Waals surface area contributed by atoms with E-state index in [0.717, 1.165) is 6.42 Å². The van der Waals surface area contributed by atoms with Gasteiger partial charge in [0.15, 0.2) is 0 Å². The van der Waals surface area contributed by atoms with E-state index in [1.165, 1.54) is 0 Å². The quantitative estimate of drug-likeness (QED) is 0.353. The van der Waals surface area contributed by atoms with Gasteiger partial charge in [-0.2, -0.15) is 0 Å². The van der Waals surface area contributed by atoms with Crippen molar-refractivity contribution in [2.75, 3.05) is 6.61 Å².